The Hall–Kier alpha value is -11.0. The summed E-state index contributed by atoms with van der Waals surface area (Å²) in [6, 6.07) is 162. The molecule has 0 atom stereocenters. The van der Waals surface area contributed by atoms with E-state index in [-0.39, 0.29) is 76.1 Å². The van der Waals surface area contributed by atoms with Crippen molar-refractivity contribution in [2.45, 2.75) is 224 Å². The molecule has 0 aliphatic heterocycles. The van der Waals surface area contributed by atoms with Gasteiger partial charge in [0.2, 0.25) is 0 Å². The molecule has 0 spiro atoms. The Morgan fingerprint density at radius 3 is 0.579 bits per heavy atom. The van der Waals surface area contributed by atoms with Crippen molar-refractivity contribution in [1.82, 2.24) is 0 Å². The van der Waals surface area contributed by atoms with Crippen LogP contribution in [0.15, 0.2) is 516 Å². The molecule has 0 fully saturated rings. The summed E-state index contributed by atoms with van der Waals surface area (Å²) in [5, 5.41) is 5.26. The van der Waals surface area contributed by atoms with E-state index in [1.165, 1.54) is 154 Å². The van der Waals surface area contributed by atoms with Crippen LogP contribution < -0.4 is 0 Å². The van der Waals surface area contributed by atoms with Gasteiger partial charge in [-0.05, 0) is 267 Å². The Balaban J connectivity index is 0.000000136. The summed E-state index contributed by atoms with van der Waals surface area (Å²) >= 11 is 0. The average molecular weight is 1740 g/mol. The Bertz CT molecular complexity index is 5750. The van der Waals surface area contributed by atoms with Gasteiger partial charge in [0.15, 0.2) is 73.4 Å². The molecule has 5 heteroatoms. The van der Waals surface area contributed by atoms with E-state index in [0.29, 0.717) is 0 Å². The first-order valence-electron chi connectivity index (χ1n) is 44.6. The lowest BCUT2D eigenvalue weighted by Crippen LogP contribution is -2.13. The van der Waals surface area contributed by atoms with Crippen LogP contribution in [0.3, 0.4) is 0 Å². The van der Waals surface area contributed by atoms with Crippen LogP contribution in [-0.2, 0) is 89.0 Å². The van der Waals surface area contributed by atoms with Gasteiger partial charge >= 0.3 is 0 Å². The van der Waals surface area contributed by atoms with Gasteiger partial charge in [-0.2, -0.15) is 0 Å². The first-order chi connectivity index (χ1) is 61.0. The average Bonchev–Trinajstić information content (AvgIpc) is 0.762. The zero-order valence-corrected chi connectivity index (χ0v) is 80.3. The molecule has 0 N–H and O–H groups in total. The van der Waals surface area contributed by atoms with E-state index in [2.05, 4.69) is 540 Å². The van der Waals surface area contributed by atoms with Crippen molar-refractivity contribution in [1.29, 1.82) is 0 Å². The number of benzene rings is 17. The van der Waals surface area contributed by atoms with Crippen LogP contribution in [0, 0.1) is 0 Å². The highest BCUT2D eigenvalue weighted by molar-refractivity contribution is 7.98. The molecule has 0 heterocycles. The maximum absolute atomic E-state index is 2.33. The van der Waals surface area contributed by atoms with E-state index in [1.807, 2.05) is 0 Å². The molecule has 0 radical (unpaired) electrons. The van der Waals surface area contributed by atoms with E-state index in [4.69, 9.17) is 0 Å². The minimum Gasteiger partial charge on any atom is -0.0654 e. The second-order valence-corrected chi connectivity index (χ2v) is 46.0. The van der Waals surface area contributed by atoms with Gasteiger partial charge in [-0.25, -0.2) is 0 Å². The Kier molecular flexibility index (Phi) is 32.7. The van der Waals surface area contributed by atoms with E-state index in [9.17, 15) is 0 Å². The number of hydrogen-bond donors (Lipinski definition) is 0. The minimum absolute atomic E-state index is 0.0268. The van der Waals surface area contributed by atoms with E-state index < -0.39 is 0 Å². The number of hydrogen-bond acceptors (Lipinski definition) is 0. The summed E-state index contributed by atoms with van der Waals surface area (Å²) in [6.07, 6.45) is 6.05. The van der Waals surface area contributed by atoms with Gasteiger partial charge in [0, 0.05) is 10.8 Å². The van der Waals surface area contributed by atoms with Crippen molar-refractivity contribution in [2.75, 3.05) is 0 Å². The summed E-state index contributed by atoms with van der Waals surface area (Å²) in [5.74, 6) is 0. The number of fused-ring (bicyclic) bond motifs is 2. The molecule has 0 nitrogen and oxygen atoms in total. The van der Waals surface area contributed by atoms with Crippen LogP contribution in [-0.4, -0.2) is 0 Å². The van der Waals surface area contributed by atoms with Crippen molar-refractivity contribution in [2.24, 2.45) is 0 Å². The molecule has 0 aliphatic rings. The fraction of sp³-hybridized carbons (Fsp3) is 0.190. The molecular formula is C121H125S5+5. The third-order valence-corrected chi connectivity index (χ3v) is 33.5. The molecule has 0 saturated heterocycles. The molecule has 0 aromatic heterocycles. The highest BCUT2D eigenvalue weighted by Gasteiger charge is 2.36. The van der Waals surface area contributed by atoms with E-state index >= 15 is 0 Å². The number of unbranched alkanes of at least 4 members (excludes halogenated alkanes) is 1. The van der Waals surface area contributed by atoms with Crippen molar-refractivity contribution in [3.05, 3.63) is 476 Å². The predicted molar refractivity (Wildman–Crippen MR) is 550 cm³/mol. The molecule has 0 amide bonds. The molecule has 17 aromatic carbocycles. The molecule has 126 heavy (non-hydrogen) atoms. The maximum atomic E-state index is 2.33. The molecule has 634 valence electrons. The summed E-state index contributed by atoms with van der Waals surface area (Å²) in [4.78, 5) is 20.6. The van der Waals surface area contributed by atoms with Gasteiger partial charge < -0.3 is 0 Å². The Morgan fingerprint density at radius 2 is 0.357 bits per heavy atom. The quantitative estimate of drug-likeness (QED) is 0.0667. The van der Waals surface area contributed by atoms with Crippen molar-refractivity contribution in [3.63, 3.8) is 0 Å². The van der Waals surface area contributed by atoms with Crippen LogP contribution in [0.4, 0.5) is 0 Å². The van der Waals surface area contributed by atoms with Crippen LogP contribution in [0.25, 0.3) is 21.5 Å². The van der Waals surface area contributed by atoms with Gasteiger partial charge in [0.05, 0.1) is 43.6 Å². The normalized spacial score (nSPS) is 11.6. The summed E-state index contributed by atoms with van der Waals surface area (Å²) in [7, 11) is -0.389. The first-order valence-corrected chi connectivity index (χ1v) is 50.8. The lowest BCUT2D eigenvalue weighted by atomic mass is 9.87. The second kappa shape index (κ2) is 44.4. The van der Waals surface area contributed by atoms with E-state index in [1.54, 1.807) is 0 Å². The summed E-state index contributed by atoms with van der Waals surface area (Å²) < 4.78 is 0. The zero-order chi connectivity index (χ0) is 88.5. The fourth-order valence-electron chi connectivity index (χ4n) is 15.3. The fourth-order valence-corrected chi connectivity index (χ4v) is 26.0. The molecule has 17 rings (SSSR count). The second-order valence-electron chi connectivity index (χ2n) is 35.9. The van der Waals surface area contributed by atoms with Gasteiger partial charge in [-0.3, -0.25) is 0 Å². The molecule has 17 aromatic rings. The van der Waals surface area contributed by atoms with Crippen molar-refractivity contribution < 1.29 is 0 Å². The molecular weight excluding hydrogens is 1610 g/mol. The standard InChI is InChI=1S/C30H39S.C26H19S.2C22H23S.C21H21S/c1-28(2,3)22-10-16-25(17-11-22)31(26-18-12-23(13-19-26)29(4,5)6)27-20-14-24(15-21-27)30(7,8)9;1-2-14-22(15-3-1)27(25-18-8-12-20-10-4-6-16-23(20)25)26-19-9-13-21-11-5-7-17-24(21)26;1-22(2,3)18-14-16-21(17-15-18)23(19-10-6-4-7-11-19)20-12-8-5-9-13-20;1-2-3-10-19-15-17-22(18-16-19)23(20-11-6-4-7-12-20)21-13-8-5-9-14-21;1-2-9-18-14-16-21(17-15-18)22(19-10-5-3-6-11-19)20-12-7-4-8-13-20/h10-21H,1-9H3;1-19H;4-17H,1-3H3;4-9,11-18H,2-3,10H2,1H3;3-8,10-17H,2,9H2,1H3/q5*+1. The van der Waals surface area contributed by atoms with Crippen LogP contribution in [0.1, 0.15) is 150 Å². The van der Waals surface area contributed by atoms with Crippen molar-refractivity contribution in [3.8, 4) is 0 Å². The smallest absolute Gasteiger partial charge is 0.0654 e. The van der Waals surface area contributed by atoms with Gasteiger partial charge in [-0.15, -0.1) is 0 Å². The van der Waals surface area contributed by atoms with Crippen LogP contribution in [0.2, 0.25) is 0 Å². The van der Waals surface area contributed by atoms with Gasteiger partial charge in [-0.1, -0.05) is 371 Å². The Labute approximate surface area is 769 Å². The van der Waals surface area contributed by atoms with Gasteiger partial charge in [0.1, 0.15) is 10.9 Å². The third kappa shape index (κ3) is 25.0. The summed E-state index contributed by atoms with van der Waals surface area (Å²) in [5.41, 5.74) is 9.08. The zero-order valence-electron chi connectivity index (χ0n) is 76.2. The van der Waals surface area contributed by atoms with Crippen LogP contribution in [0.5, 0.6) is 0 Å². The molecule has 0 unspecified atom stereocenters. The first kappa shape index (κ1) is 92.7. The molecule has 0 bridgehead atoms. The minimum atomic E-state index is -0.164. The monoisotopic (exact) mass is 1740 g/mol. The lowest BCUT2D eigenvalue weighted by Gasteiger charge is -2.21. The van der Waals surface area contributed by atoms with E-state index in [0.717, 1.165) is 6.42 Å². The predicted octanol–water partition coefficient (Wildman–Crippen LogP) is 33.7. The SMILES string of the molecule is CC(C)(C)c1ccc([S+](c2ccc(C(C)(C)C)cc2)c2ccc(C(C)(C)C)cc2)cc1.CC(C)(C)c1ccc([S+](c2ccccc2)c2ccccc2)cc1.CCCCc1ccc([S+](c2ccccc2)c2ccccc2)cc1.CCCc1ccc([S+](c2ccccc2)c2ccccc2)cc1.c1ccc([S+](c2cccc3ccccc23)c2cccc3ccccc23)cc1. The topological polar surface area (TPSA) is 0 Å². The number of aryl methyl sites for hydroxylation is 2. The van der Waals surface area contributed by atoms with Crippen molar-refractivity contribution >= 4 is 76.0 Å². The Morgan fingerprint density at radius 1 is 0.167 bits per heavy atom. The van der Waals surface area contributed by atoms with Gasteiger partial charge in [0.25, 0.3) is 0 Å². The lowest BCUT2D eigenvalue weighted by molar-refractivity contribution is 0.589. The summed E-state index contributed by atoms with van der Waals surface area (Å²) in [6.45, 7) is 31.7. The maximum Gasteiger partial charge on any atom is 0.174 e. The largest absolute Gasteiger partial charge is 0.174 e. The molecule has 0 saturated carbocycles. The highest BCUT2D eigenvalue weighted by atomic mass is 32.2. The third-order valence-electron chi connectivity index (χ3n) is 22.3. The van der Waals surface area contributed by atoms with Crippen LogP contribution >= 0.6 is 0 Å². The molecule has 0 aliphatic carbocycles. The number of rotatable bonds is 20. The highest BCUT2D eigenvalue weighted by Crippen LogP contribution is 2.42.